The number of carbonyl (C=O) groups excluding carboxylic acids is 1. The summed E-state index contributed by atoms with van der Waals surface area (Å²) in [5.74, 6) is -3.80. The van der Waals surface area contributed by atoms with E-state index in [9.17, 15) is 18.4 Å². The van der Waals surface area contributed by atoms with E-state index in [1.54, 1.807) is 0 Å². The van der Waals surface area contributed by atoms with Gasteiger partial charge in [0.1, 0.15) is 18.1 Å². The number of benzene rings is 1. The van der Waals surface area contributed by atoms with E-state index in [1.807, 2.05) is 5.32 Å². The summed E-state index contributed by atoms with van der Waals surface area (Å²) >= 11 is 0. The Morgan fingerprint density at radius 3 is 2.60 bits per heavy atom. The number of amides is 1. The lowest BCUT2D eigenvalue weighted by Crippen LogP contribution is -2.16. The third kappa shape index (κ3) is 3.34. The molecule has 0 aliphatic carbocycles. The average Bonchev–Trinajstić information content (AvgIpc) is 2.10. The van der Waals surface area contributed by atoms with E-state index in [0.29, 0.717) is 0 Å². The Bertz CT molecular complexity index is 406. The van der Waals surface area contributed by atoms with Gasteiger partial charge in [-0.25, -0.2) is 8.78 Å². The van der Waals surface area contributed by atoms with E-state index in [-0.39, 0.29) is 5.69 Å². The Morgan fingerprint density at radius 2 is 2.00 bits per heavy atom. The van der Waals surface area contributed by atoms with Gasteiger partial charge in [-0.1, -0.05) is 0 Å². The molecule has 15 heavy (non-hydrogen) atoms. The fraction of sp³-hybridized carbons (Fsp3) is 0.111. The molecular formula is C9H7F2NO3. The minimum atomic E-state index is -1.34. The summed E-state index contributed by atoms with van der Waals surface area (Å²) in [6, 6.07) is 2.50. The van der Waals surface area contributed by atoms with Crippen molar-refractivity contribution in [2.45, 2.75) is 6.42 Å². The molecule has 4 nitrogen and oxygen atoms in total. The first-order chi connectivity index (χ1) is 6.99. The zero-order valence-corrected chi connectivity index (χ0v) is 7.46. The molecule has 0 saturated heterocycles. The Labute approximate surface area is 83.5 Å². The summed E-state index contributed by atoms with van der Waals surface area (Å²) in [6.45, 7) is 0. The lowest BCUT2D eigenvalue weighted by Gasteiger charge is -2.04. The quantitative estimate of drug-likeness (QED) is 0.748. The molecule has 80 valence electrons. The number of halogens is 2. The Balaban J connectivity index is 2.76. The van der Waals surface area contributed by atoms with Crippen LogP contribution in [0, 0.1) is 11.6 Å². The van der Waals surface area contributed by atoms with E-state index in [4.69, 9.17) is 5.11 Å². The van der Waals surface area contributed by atoms with Crippen LogP contribution in [0.3, 0.4) is 0 Å². The van der Waals surface area contributed by atoms with E-state index in [2.05, 4.69) is 0 Å². The monoisotopic (exact) mass is 215 g/mol. The maximum absolute atomic E-state index is 12.9. The maximum Gasteiger partial charge on any atom is 0.312 e. The van der Waals surface area contributed by atoms with Gasteiger partial charge in [0.25, 0.3) is 0 Å². The molecule has 1 rings (SSSR count). The molecule has 0 heterocycles. The molecule has 0 saturated carbocycles. The van der Waals surface area contributed by atoms with Gasteiger partial charge in [0, 0.05) is 6.07 Å². The molecule has 0 bridgehead atoms. The van der Waals surface area contributed by atoms with Crippen LogP contribution < -0.4 is 5.32 Å². The highest BCUT2D eigenvalue weighted by molar-refractivity contribution is 6.01. The van der Waals surface area contributed by atoms with Gasteiger partial charge in [-0.3, -0.25) is 9.59 Å². The van der Waals surface area contributed by atoms with Gasteiger partial charge < -0.3 is 10.4 Å². The van der Waals surface area contributed by atoms with Crippen molar-refractivity contribution in [3.63, 3.8) is 0 Å². The second-order valence-electron chi connectivity index (χ2n) is 2.74. The molecule has 1 aromatic carbocycles. The predicted octanol–water partition coefficient (Wildman–Crippen LogP) is 1.38. The van der Waals surface area contributed by atoms with Gasteiger partial charge in [0.2, 0.25) is 5.91 Å². The average molecular weight is 215 g/mol. The van der Waals surface area contributed by atoms with E-state index < -0.39 is 29.9 Å². The molecule has 1 amide bonds. The molecule has 0 fully saturated rings. The van der Waals surface area contributed by atoms with Gasteiger partial charge in [-0.05, 0) is 12.1 Å². The zero-order chi connectivity index (χ0) is 11.4. The summed E-state index contributed by atoms with van der Waals surface area (Å²) < 4.78 is 25.6. The number of nitrogens with one attached hydrogen (secondary N) is 1. The number of carbonyl (C=O) groups is 2. The van der Waals surface area contributed by atoms with Gasteiger partial charge >= 0.3 is 5.97 Å². The molecule has 0 aliphatic rings. The zero-order valence-electron chi connectivity index (χ0n) is 7.46. The first-order valence-electron chi connectivity index (χ1n) is 3.95. The summed E-state index contributed by atoms with van der Waals surface area (Å²) in [5.41, 5.74) is -0.374. The summed E-state index contributed by atoms with van der Waals surface area (Å²) in [6.07, 6.45) is -0.796. The molecular weight excluding hydrogens is 208 g/mol. The number of aliphatic carboxylic acids is 1. The van der Waals surface area contributed by atoms with Crippen molar-refractivity contribution in [3.8, 4) is 0 Å². The van der Waals surface area contributed by atoms with Gasteiger partial charge in [-0.2, -0.15) is 0 Å². The first kappa shape index (κ1) is 11.1. The standard InChI is InChI=1S/C9H7F2NO3/c10-5-1-2-6(11)7(3-5)12-8(13)4-9(14)15/h1-3H,4H2,(H,12,13)(H,14,15). The summed E-state index contributed by atoms with van der Waals surface area (Å²) in [5, 5.41) is 10.2. The molecule has 0 radical (unpaired) electrons. The molecule has 0 atom stereocenters. The largest absolute Gasteiger partial charge is 0.481 e. The van der Waals surface area contributed by atoms with Crippen molar-refractivity contribution in [2.75, 3.05) is 5.32 Å². The third-order valence-corrected chi connectivity index (χ3v) is 1.51. The molecule has 0 aliphatic heterocycles. The minimum Gasteiger partial charge on any atom is -0.481 e. The number of carboxylic acids is 1. The normalized spacial score (nSPS) is 9.73. The number of rotatable bonds is 3. The molecule has 1 aromatic rings. The Kier molecular flexibility index (Phi) is 3.33. The number of anilines is 1. The van der Waals surface area contributed by atoms with Crippen molar-refractivity contribution in [1.82, 2.24) is 0 Å². The highest BCUT2D eigenvalue weighted by atomic mass is 19.1. The van der Waals surface area contributed by atoms with Crippen LogP contribution in [0.1, 0.15) is 6.42 Å². The lowest BCUT2D eigenvalue weighted by atomic mass is 10.3. The number of hydrogen-bond acceptors (Lipinski definition) is 2. The van der Waals surface area contributed by atoms with Crippen LogP contribution in [-0.4, -0.2) is 17.0 Å². The smallest absolute Gasteiger partial charge is 0.312 e. The fourth-order valence-electron chi connectivity index (χ4n) is 0.925. The molecule has 0 aromatic heterocycles. The highest BCUT2D eigenvalue weighted by Gasteiger charge is 2.10. The SMILES string of the molecule is O=C(O)CC(=O)Nc1cc(F)ccc1F. The Hall–Kier alpha value is -1.98. The van der Waals surface area contributed by atoms with Gasteiger partial charge in [-0.15, -0.1) is 0 Å². The van der Waals surface area contributed by atoms with E-state index >= 15 is 0 Å². The molecule has 6 heteroatoms. The fourth-order valence-corrected chi connectivity index (χ4v) is 0.925. The molecule has 2 N–H and O–H groups in total. The summed E-state index contributed by atoms with van der Waals surface area (Å²) in [7, 11) is 0. The first-order valence-corrected chi connectivity index (χ1v) is 3.95. The van der Waals surface area contributed by atoms with Crippen molar-refractivity contribution >= 4 is 17.6 Å². The topological polar surface area (TPSA) is 66.4 Å². The predicted molar refractivity (Wildman–Crippen MR) is 47.2 cm³/mol. The highest BCUT2D eigenvalue weighted by Crippen LogP contribution is 2.15. The number of hydrogen-bond donors (Lipinski definition) is 2. The second-order valence-corrected chi connectivity index (χ2v) is 2.74. The second kappa shape index (κ2) is 4.50. The molecule has 0 unspecified atom stereocenters. The van der Waals surface area contributed by atoms with E-state index in [1.165, 1.54) is 0 Å². The van der Waals surface area contributed by atoms with Crippen LogP contribution in [0.25, 0.3) is 0 Å². The van der Waals surface area contributed by atoms with Gasteiger partial charge in [0.05, 0.1) is 5.69 Å². The summed E-state index contributed by atoms with van der Waals surface area (Å²) in [4.78, 5) is 21.0. The molecule has 0 spiro atoms. The van der Waals surface area contributed by atoms with Crippen LogP contribution in [0.2, 0.25) is 0 Å². The Morgan fingerprint density at radius 1 is 1.33 bits per heavy atom. The van der Waals surface area contributed by atoms with Crippen molar-refractivity contribution < 1.29 is 23.5 Å². The van der Waals surface area contributed by atoms with E-state index in [0.717, 1.165) is 18.2 Å². The van der Waals surface area contributed by atoms with Crippen molar-refractivity contribution in [2.24, 2.45) is 0 Å². The van der Waals surface area contributed by atoms with Gasteiger partial charge in [0.15, 0.2) is 0 Å². The minimum absolute atomic E-state index is 0.374. The maximum atomic E-state index is 12.9. The van der Waals surface area contributed by atoms with Crippen LogP contribution in [0.15, 0.2) is 18.2 Å². The van der Waals surface area contributed by atoms with Crippen molar-refractivity contribution in [1.29, 1.82) is 0 Å². The van der Waals surface area contributed by atoms with Crippen LogP contribution in [0.5, 0.6) is 0 Å². The van der Waals surface area contributed by atoms with Crippen LogP contribution >= 0.6 is 0 Å². The third-order valence-electron chi connectivity index (χ3n) is 1.51. The van der Waals surface area contributed by atoms with Crippen LogP contribution in [-0.2, 0) is 9.59 Å². The number of carboxylic acid groups (broad SMARTS) is 1. The van der Waals surface area contributed by atoms with Crippen molar-refractivity contribution in [3.05, 3.63) is 29.8 Å². The van der Waals surface area contributed by atoms with Crippen LogP contribution in [0.4, 0.5) is 14.5 Å². The lowest BCUT2D eigenvalue weighted by molar-refractivity contribution is -0.139.